The fourth-order valence-corrected chi connectivity index (χ4v) is 3.55. The van der Waals surface area contributed by atoms with Gasteiger partial charge in [0.1, 0.15) is 0 Å². The Balaban J connectivity index is 2.05. The Kier molecular flexibility index (Phi) is 4.24. The lowest BCUT2D eigenvalue weighted by Gasteiger charge is -2.17. The van der Waals surface area contributed by atoms with Crippen LogP contribution in [-0.4, -0.2) is 40.3 Å². The zero-order chi connectivity index (χ0) is 14.7. The standard InChI is InChI=1S/C15H17N3O2S/c1-2-20-15(19)14-13(16-10-7-8-21-9-10)11-5-3-4-6-12(11)17-18-14/h3-6,10H,2,7-9H2,1H3,(H,16,17). The van der Waals surface area contributed by atoms with Crippen LogP contribution < -0.4 is 5.32 Å². The summed E-state index contributed by atoms with van der Waals surface area (Å²) in [4.78, 5) is 12.1. The number of nitrogens with zero attached hydrogens (tertiary/aromatic N) is 2. The van der Waals surface area contributed by atoms with E-state index in [-0.39, 0.29) is 5.69 Å². The predicted molar refractivity (Wildman–Crippen MR) is 84.8 cm³/mol. The smallest absolute Gasteiger partial charge is 0.361 e. The van der Waals surface area contributed by atoms with Crippen LogP contribution in [0.15, 0.2) is 24.3 Å². The highest BCUT2D eigenvalue weighted by molar-refractivity contribution is 7.99. The van der Waals surface area contributed by atoms with Crippen molar-refractivity contribution < 1.29 is 9.53 Å². The van der Waals surface area contributed by atoms with Crippen LogP contribution in [0, 0.1) is 0 Å². The highest BCUT2D eigenvalue weighted by Crippen LogP contribution is 2.28. The molecule has 0 radical (unpaired) electrons. The number of hydrogen-bond donors (Lipinski definition) is 1. The third-order valence-corrected chi connectivity index (χ3v) is 4.58. The lowest BCUT2D eigenvalue weighted by molar-refractivity contribution is 0.0519. The summed E-state index contributed by atoms with van der Waals surface area (Å²) < 4.78 is 5.10. The van der Waals surface area contributed by atoms with Gasteiger partial charge in [-0.25, -0.2) is 4.79 Å². The van der Waals surface area contributed by atoms with Gasteiger partial charge in [0.2, 0.25) is 0 Å². The maximum absolute atomic E-state index is 12.1. The van der Waals surface area contributed by atoms with Gasteiger partial charge in [-0.1, -0.05) is 18.2 Å². The number of carbonyl (C=O) groups excluding carboxylic acids is 1. The fourth-order valence-electron chi connectivity index (χ4n) is 2.39. The van der Waals surface area contributed by atoms with E-state index in [4.69, 9.17) is 4.74 Å². The predicted octanol–water partition coefficient (Wildman–Crippen LogP) is 2.72. The van der Waals surface area contributed by atoms with Crippen molar-refractivity contribution in [2.75, 3.05) is 23.4 Å². The molecule has 2 aromatic rings. The number of fused-ring (bicyclic) bond motifs is 1. The molecule has 0 aliphatic carbocycles. The molecule has 1 N–H and O–H groups in total. The Hall–Kier alpha value is -1.82. The summed E-state index contributed by atoms with van der Waals surface area (Å²) in [5, 5.41) is 12.6. The van der Waals surface area contributed by atoms with Crippen molar-refractivity contribution in [3.8, 4) is 0 Å². The summed E-state index contributed by atoms with van der Waals surface area (Å²) in [5.74, 6) is 1.76. The van der Waals surface area contributed by atoms with E-state index in [0.717, 1.165) is 34.5 Å². The Labute approximate surface area is 127 Å². The Morgan fingerprint density at radius 2 is 2.29 bits per heavy atom. The first-order chi connectivity index (χ1) is 10.3. The van der Waals surface area contributed by atoms with Crippen LogP contribution in [0.4, 0.5) is 5.69 Å². The molecule has 0 bridgehead atoms. The quantitative estimate of drug-likeness (QED) is 0.876. The minimum atomic E-state index is -0.427. The van der Waals surface area contributed by atoms with Crippen LogP contribution in [0.1, 0.15) is 23.8 Å². The van der Waals surface area contributed by atoms with E-state index in [1.807, 2.05) is 36.0 Å². The van der Waals surface area contributed by atoms with Gasteiger partial charge in [0.15, 0.2) is 5.69 Å². The van der Waals surface area contributed by atoms with E-state index in [2.05, 4.69) is 15.5 Å². The number of rotatable bonds is 4. The van der Waals surface area contributed by atoms with E-state index < -0.39 is 5.97 Å². The third kappa shape index (κ3) is 2.95. The molecule has 1 saturated heterocycles. The summed E-state index contributed by atoms with van der Waals surface area (Å²) in [6, 6.07) is 8.06. The second-order valence-electron chi connectivity index (χ2n) is 4.87. The largest absolute Gasteiger partial charge is 0.461 e. The average molecular weight is 303 g/mol. The number of benzene rings is 1. The van der Waals surface area contributed by atoms with E-state index in [0.29, 0.717) is 12.6 Å². The second kappa shape index (κ2) is 6.30. The van der Waals surface area contributed by atoms with Gasteiger partial charge in [-0.05, 0) is 25.2 Å². The lowest BCUT2D eigenvalue weighted by Crippen LogP contribution is -2.22. The van der Waals surface area contributed by atoms with Crippen LogP contribution in [0.25, 0.3) is 10.9 Å². The van der Waals surface area contributed by atoms with Crippen molar-refractivity contribution in [3.05, 3.63) is 30.0 Å². The summed E-state index contributed by atoms with van der Waals surface area (Å²) >= 11 is 1.92. The Morgan fingerprint density at radius 1 is 1.43 bits per heavy atom. The number of aromatic nitrogens is 2. The first-order valence-corrected chi connectivity index (χ1v) is 8.22. The normalized spacial score (nSPS) is 17.9. The molecular formula is C15H17N3O2S. The van der Waals surface area contributed by atoms with Gasteiger partial charge >= 0.3 is 5.97 Å². The molecule has 21 heavy (non-hydrogen) atoms. The minimum Gasteiger partial charge on any atom is -0.461 e. The summed E-state index contributed by atoms with van der Waals surface area (Å²) in [6.45, 7) is 2.11. The molecule has 2 heterocycles. The fraction of sp³-hybridized carbons (Fsp3) is 0.400. The van der Waals surface area contributed by atoms with Crippen molar-refractivity contribution in [1.29, 1.82) is 0 Å². The molecule has 6 heteroatoms. The van der Waals surface area contributed by atoms with Crippen LogP contribution in [0.5, 0.6) is 0 Å². The molecule has 5 nitrogen and oxygen atoms in total. The number of nitrogens with one attached hydrogen (secondary N) is 1. The molecule has 110 valence electrons. The Morgan fingerprint density at radius 3 is 3.05 bits per heavy atom. The van der Waals surface area contributed by atoms with Gasteiger partial charge in [0, 0.05) is 17.2 Å². The maximum Gasteiger partial charge on any atom is 0.361 e. The highest BCUT2D eigenvalue weighted by Gasteiger charge is 2.22. The number of esters is 1. The summed E-state index contributed by atoms with van der Waals surface area (Å²) in [5.41, 5.74) is 1.79. The van der Waals surface area contributed by atoms with Crippen molar-refractivity contribution in [1.82, 2.24) is 10.2 Å². The molecule has 0 saturated carbocycles. The minimum absolute atomic E-state index is 0.271. The first-order valence-electron chi connectivity index (χ1n) is 7.06. The summed E-state index contributed by atoms with van der Waals surface area (Å²) in [7, 11) is 0. The average Bonchev–Trinajstić information content (AvgIpc) is 3.01. The van der Waals surface area contributed by atoms with Crippen LogP contribution in [0.3, 0.4) is 0 Å². The molecule has 1 unspecified atom stereocenters. The molecule has 1 aromatic carbocycles. The number of anilines is 1. The van der Waals surface area contributed by atoms with Crippen LogP contribution in [0.2, 0.25) is 0 Å². The zero-order valence-corrected chi connectivity index (χ0v) is 12.7. The molecule has 1 aliphatic rings. The summed E-state index contributed by atoms with van der Waals surface area (Å²) in [6.07, 6.45) is 1.09. The lowest BCUT2D eigenvalue weighted by atomic mass is 10.1. The molecule has 3 rings (SSSR count). The van der Waals surface area contributed by atoms with Gasteiger partial charge in [-0.2, -0.15) is 11.8 Å². The molecule has 1 aliphatic heterocycles. The van der Waals surface area contributed by atoms with Crippen molar-refractivity contribution in [2.45, 2.75) is 19.4 Å². The van der Waals surface area contributed by atoms with Crippen LogP contribution in [-0.2, 0) is 4.74 Å². The van der Waals surface area contributed by atoms with Gasteiger partial charge in [0.25, 0.3) is 0 Å². The van der Waals surface area contributed by atoms with Crippen molar-refractivity contribution in [2.24, 2.45) is 0 Å². The monoisotopic (exact) mass is 303 g/mol. The van der Waals surface area contributed by atoms with E-state index in [1.54, 1.807) is 6.92 Å². The van der Waals surface area contributed by atoms with E-state index in [1.165, 1.54) is 0 Å². The van der Waals surface area contributed by atoms with E-state index >= 15 is 0 Å². The van der Waals surface area contributed by atoms with Gasteiger partial charge < -0.3 is 10.1 Å². The van der Waals surface area contributed by atoms with Gasteiger partial charge in [-0.3, -0.25) is 0 Å². The topological polar surface area (TPSA) is 64.1 Å². The van der Waals surface area contributed by atoms with E-state index in [9.17, 15) is 4.79 Å². The van der Waals surface area contributed by atoms with Gasteiger partial charge in [-0.15, -0.1) is 10.2 Å². The van der Waals surface area contributed by atoms with Crippen LogP contribution >= 0.6 is 11.8 Å². The molecular weight excluding hydrogens is 286 g/mol. The van der Waals surface area contributed by atoms with Gasteiger partial charge in [0.05, 0.1) is 17.8 Å². The first kappa shape index (κ1) is 14.1. The molecule has 1 aromatic heterocycles. The number of thioether (sulfide) groups is 1. The SMILES string of the molecule is CCOC(=O)c1nnc2ccccc2c1NC1CCSC1. The molecule has 0 spiro atoms. The second-order valence-corrected chi connectivity index (χ2v) is 6.02. The number of carbonyl (C=O) groups is 1. The highest BCUT2D eigenvalue weighted by atomic mass is 32.2. The zero-order valence-electron chi connectivity index (χ0n) is 11.8. The number of ether oxygens (including phenoxy) is 1. The Bertz CT molecular complexity index is 656. The molecule has 1 fully saturated rings. The van der Waals surface area contributed by atoms with Crippen molar-refractivity contribution >= 4 is 34.3 Å². The molecule has 1 atom stereocenters. The number of hydrogen-bond acceptors (Lipinski definition) is 6. The third-order valence-electron chi connectivity index (χ3n) is 3.41. The molecule has 0 amide bonds. The van der Waals surface area contributed by atoms with Crippen molar-refractivity contribution in [3.63, 3.8) is 0 Å². The maximum atomic E-state index is 12.1.